The van der Waals surface area contributed by atoms with Gasteiger partial charge in [-0.05, 0) is 0 Å². The van der Waals surface area contributed by atoms with E-state index in [1.54, 1.807) is 0 Å². The Morgan fingerprint density at radius 3 is 0.800 bits per heavy atom. The fraction of sp³-hybridized carbons (Fsp3) is 0. The molecule has 0 bridgehead atoms. The molecular formula is H2FeNiO6P2. The number of hydrogen-bond donors (Lipinski definition) is 0. The molecule has 0 saturated carbocycles. The van der Waals surface area contributed by atoms with Crippen molar-refractivity contribution in [3.8, 4) is 0 Å². The van der Waals surface area contributed by atoms with E-state index >= 15 is 0 Å². The second kappa shape index (κ2) is 16.7. The van der Waals surface area contributed by atoms with Crippen molar-refractivity contribution < 1.29 is 62.3 Å². The van der Waals surface area contributed by atoms with Crippen molar-refractivity contribution in [2.75, 3.05) is 0 Å². The second-order valence-electron chi connectivity index (χ2n) is 0.500. The van der Waals surface area contributed by atoms with Crippen molar-refractivity contribution in [1.29, 1.82) is 0 Å². The van der Waals surface area contributed by atoms with Crippen LogP contribution >= 0.6 is 16.5 Å². The number of hydrogen-bond acceptors (Lipinski definition) is 6. The normalized spacial score (nSPS) is 7.00. The van der Waals surface area contributed by atoms with Crippen LogP contribution in [0.1, 0.15) is 0 Å². The van der Waals surface area contributed by atoms with Crippen LogP contribution in [0.4, 0.5) is 0 Å². The van der Waals surface area contributed by atoms with Gasteiger partial charge in [0.1, 0.15) is 0 Å². The SMILES string of the molecule is O=[PH]([O-])[O-].O=[PH]([O-])[O-].[Fe+2].[Ni+2]. The molecule has 0 N–H and O–H groups in total. The van der Waals surface area contributed by atoms with Gasteiger partial charge in [-0.25, -0.2) is 0 Å². The van der Waals surface area contributed by atoms with Gasteiger partial charge in [0.2, 0.25) is 0 Å². The second-order valence-corrected chi connectivity index (χ2v) is 1.50. The Bertz CT molecular complexity index is 73.7. The first kappa shape index (κ1) is 22.5. The summed E-state index contributed by atoms with van der Waals surface area (Å²) >= 11 is 0. The summed E-state index contributed by atoms with van der Waals surface area (Å²) in [7, 11) is -7.26. The van der Waals surface area contributed by atoms with Crippen molar-refractivity contribution in [3.05, 3.63) is 0 Å². The van der Waals surface area contributed by atoms with Crippen molar-refractivity contribution in [2.24, 2.45) is 0 Å². The average molecular weight is 274 g/mol. The molecule has 0 unspecified atom stereocenters. The van der Waals surface area contributed by atoms with Crippen molar-refractivity contribution in [1.82, 2.24) is 0 Å². The van der Waals surface area contributed by atoms with E-state index in [0.717, 1.165) is 0 Å². The summed E-state index contributed by atoms with van der Waals surface area (Å²) in [5.74, 6) is 0. The standard InChI is InChI=1S/Fe.Ni.2H3O3P/c;;2*1-4(2)3/h;;2*4H,(H2,1,2,3)/q2*+2;;/p-4. The molecule has 0 rings (SSSR count). The fourth-order valence-electron chi connectivity index (χ4n) is 0. The van der Waals surface area contributed by atoms with Gasteiger partial charge in [0, 0.05) is 0 Å². The molecule has 0 aliphatic rings. The molecule has 0 heterocycles. The molecule has 0 amide bonds. The zero-order chi connectivity index (χ0) is 7.15. The third-order valence-corrected chi connectivity index (χ3v) is 0. The van der Waals surface area contributed by atoms with Crippen LogP contribution < -0.4 is 19.6 Å². The summed E-state index contributed by atoms with van der Waals surface area (Å²) in [5, 5.41) is 0. The predicted octanol–water partition coefficient (Wildman–Crippen LogP) is -3.81. The third-order valence-electron chi connectivity index (χ3n) is 0. The van der Waals surface area contributed by atoms with Gasteiger partial charge in [-0.15, -0.1) is 0 Å². The van der Waals surface area contributed by atoms with Gasteiger partial charge in [0.05, 0.1) is 0 Å². The van der Waals surface area contributed by atoms with Crippen LogP contribution in [0, 0.1) is 0 Å². The molecule has 0 radical (unpaired) electrons. The maximum Gasteiger partial charge on any atom is 2.00 e. The molecule has 0 saturated heterocycles. The average Bonchev–Trinajstić information content (AvgIpc) is 1.25. The van der Waals surface area contributed by atoms with Crippen LogP contribution in [-0.2, 0) is 42.7 Å². The van der Waals surface area contributed by atoms with Crippen molar-refractivity contribution >= 4 is 16.5 Å². The van der Waals surface area contributed by atoms with Gasteiger partial charge in [-0.1, -0.05) is 16.5 Å². The first-order valence-electron chi connectivity index (χ1n) is 1.22. The van der Waals surface area contributed by atoms with Gasteiger partial charge in [-0.2, -0.15) is 0 Å². The molecule has 10 heteroatoms. The molecule has 0 fully saturated rings. The monoisotopic (exact) mass is 274 g/mol. The minimum Gasteiger partial charge on any atom is -0.813 e. The van der Waals surface area contributed by atoms with Crippen LogP contribution in [0.25, 0.3) is 0 Å². The minimum atomic E-state index is -3.63. The molecule has 0 aromatic carbocycles. The third kappa shape index (κ3) is 373. The first-order valence-corrected chi connectivity index (χ1v) is 3.67. The van der Waals surface area contributed by atoms with Gasteiger partial charge in [0.15, 0.2) is 0 Å². The van der Waals surface area contributed by atoms with E-state index < -0.39 is 16.5 Å². The van der Waals surface area contributed by atoms with Gasteiger partial charge in [-0.3, -0.25) is 0 Å². The quantitative estimate of drug-likeness (QED) is 0.329. The summed E-state index contributed by atoms with van der Waals surface area (Å²) in [4.78, 5) is 34.1. The van der Waals surface area contributed by atoms with E-state index in [-0.39, 0.29) is 33.6 Å². The van der Waals surface area contributed by atoms with Gasteiger partial charge < -0.3 is 28.7 Å². The molecule has 0 atom stereocenters. The molecular weight excluding hydrogens is 272 g/mol. The Morgan fingerprint density at radius 1 is 0.800 bits per heavy atom. The Balaban J connectivity index is -0.0000000300. The van der Waals surface area contributed by atoms with E-state index in [4.69, 9.17) is 28.7 Å². The molecule has 6 nitrogen and oxygen atoms in total. The van der Waals surface area contributed by atoms with E-state index in [9.17, 15) is 0 Å². The van der Waals surface area contributed by atoms with Crippen molar-refractivity contribution in [3.63, 3.8) is 0 Å². The zero-order valence-electron chi connectivity index (χ0n) is 4.12. The Hall–Kier alpha value is 1.31. The summed E-state index contributed by atoms with van der Waals surface area (Å²) in [5.41, 5.74) is 0. The summed E-state index contributed by atoms with van der Waals surface area (Å²) in [6.45, 7) is 0. The Kier molecular flexibility index (Phi) is 37.6. The molecule has 0 aromatic rings. The van der Waals surface area contributed by atoms with E-state index in [1.807, 2.05) is 0 Å². The van der Waals surface area contributed by atoms with E-state index in [0.29, 0.717) is 0 Å². The molecule has 0 aliphatic carbocycles. The van der Waals surface area contributed by atoms with Crippen LogP contribution in [0.15, 0.2) is 0 Å². The van der Waals surface area contributed by atoms with Gasteiger partial charge in [0.25, 0.3) is 0 Å². The van der Waals surface area contributed by atoms with E-state index in [1.165, 1.54) is 0 Å². The Labute approximate surface area is 79.0 Å². The minimum absolute atomic E-state index is 0. The van der Waals surface area contributed by atoms with Crippen LogP contribution in [0.2, 0.25) is 0 Å². The topological polar surface area (TPSA) is 126 Å². The number of rotatable bonds is 0. The smallest absolute Gasteiger partial charge is 0.813 e. The van der Waals surface area contributed by atoms with Crippen LogP contribution in [0.3, 0.4) is 0 Å². The zero-order valence-corrected chi connectivity index (χ0v) is 8.21. The molecule has 66 valence electrons. The maximum atomic E-state index is 8.52. The molecule has 0 aliphatic heterocycles. The fourth-order valence-corrected chi connectivity index (χ4v) is 0. The molecule has 0 spiro atoms. The van der Waals surface area contributed by atoms with E-state index in [2.05, 4.69) is 0 Å². The molecule has 10 heavy (non-hydrogen) atoms. The Morgan fingerprint density at radius 2 is 0.800 bits per heavy atom. The summed E-state index contributed by atoms with van der Waals surface area (Å²) in [6, 6.07) is 0. The largest absolute Gasteiger partial charge is 2.00 e. The maximum absolute atomic E-state index is 8.52. The molecule has 0 aromatic heterocycles. The summed E-state index contributed by atoms with van der Waals surface area (Å²) < 4.78 is 17.0. The first-order chi connectivity index (χ1) is 3.46. The van der Waals surface area contributed by atoms with Crippen LogP contribution in [0.5, 0.6) is 0 Å². The predicted molar refractivity (Wildman–Crippen MR) is 18.0 cm³/mol. The van der Waals surface area contributed by atoms with Crippen LogP contribution in [-0.4, -0.2) is 0 Å². The van der Waals surface area contributed by atoms with Crippen molar-refractivity contribution in [2.45, 2.75) is 0 Å². The van der Waals surface area contributed by atoms with Gasteiger partial charge >= 0.3 is 33.6 Å². The summed E-state index contributed by atoms with van der Waals surface area (Å²) in [6.07, 6.45) is 0.